The lowest BCUT2D eigenvalue weighted by atomic mass is 10.0. The Morgan fingerprint density at radius 3 is 2.65 bits per heavy atom. The van der Waals surface area contributed by atoms with Gasteiger partial charge in [0.1, 0.15) is 0 Å². The monoisotopic (exact) mass is 256 g/mol. The van der Waals surface area contributed by atoms with Crippen molar-refractivity contribution in [3.05, 3.63) is 35.9 Å². The van der Waals surface area contributed by atoms with Crippen molar-refractivity contribution < 1.29 is 13.6 Å². The van der Waals surface area contributed by atoms with E-state index in [1.807, 2.05) is 30.3 Å². The highest BCUT2D eigenvalue weighted by Gasteiger charge is 2.12. The van der Waals surface area contributed by atoms with Gasteiger partial charge in [-0.2, -0.15) is 0 Å². The van der Waals surface area contributed by atoms with Crippen LogP contribution in [0.15, 0.2) is 30.3 Å². The molecular formula is C11H16N2O3S. The molecule has 1 rings (SSSR count). The Kier molecular flexibility index (Phi) is 6.46. The lowest BCUT2D eigenvalue weighted by Gasteiger charge is -2.16. The van der Waals surface area contributed by atoms with Crippen molar-refractivity contribution in [1.82, 2.24) is 10.0 Å². The van der Waals surface area contributed by atoms with Gasteiger partial charge in [-0.3, -0.25) is 9.35 Å². The minimum absolute atomic E-state index is 0.185. The van der Waals surface area contributed by atoms with Crippen LogP contribution in [0.4, 0.5) is 0 Å². The molecule has 0 spiro atoms. The van der Waals surface area contributed by atoms with E-state index < -0.39 is 11.3 Å². The van der Waals surface area contributed by atoms with Crippen LogP contribution in [0.2, 0.25) is 0 Å². The first-order valence-corrected chi connectivity index (χ1v) is 6.43. The summed E-state index contributed by atoms with van der Waals surface area (Å²) >= 11 is -2.04. The number of hydrogen-bond donors (Lipinski definition) is 3. The van der Waals surface area contributed by atoms with Crippen molar-refractivity contribution in [2.75, 3.05) is 6.54 Å². The topological polar surface area (TPSA) is 78.4 Å². The zero-order valence-electron chi connectivity index (χ0n) is 9.33. The first-order valence-electron chi connectivity index (χ1n) is 5.33. The van der Waals surface area contributed by atoms with Crippen LogP contribution in [0.5, 0.6) is 0 Å². The molecule has 17 heavy (non-hydrogen) atoms. The molecular weight excluding hydrogens is 240 g/mol. The van der Waals surface area contributed by atoms with Crippen LogP contribution >= 0.6 is 0 Å². The molecule has 5 nitrogen and oxygen atoms in total. The molecule has 1 amide bonds. The highest BCUT2D eigenvalue weighted by atomic mass is 32.2. The lowest BCUT2D eigenvalue weighted by molar-refractivity contribution is -0.109. The summed E-state index contributed by atoms with van der Waals surface area (Å²) in [6.45, 7) is 0.562. The second-order valence-electron chi connectivity index (χ2n) is 3.54. The highest BCUT2D eigenvalue weighted by molar-refractivity contribution is 7.77. The average molecular weight is 256 g/mol. The predicted molar refractivity (Wildman–Crippen MR) is 66.4 cm³/mol. The van der Waals surface area contributed by atoms with Gasteiger partial charge in [0.2, 0.25) is 17.7 Å². The molecule has 0 fully saturated rings. The number of amides is 1. The second-order valence-corrected chi connectivity index (χ2v) is 4.28. The quantitative estimate of drug-likeness (QED) is 0.368. The van der Waals surface area contributed by atoms with Crippen LogP contribution in [0.1, 0.15) is 24.4 Å². The van der Waals surface area contributed by atoms with Gasteiger partial charge in [0.05, 0.1) is 0 Å². The van der Waals surface area contributed by atoms with E-state index in [9.17, 15) is 9.00 Å². The van der Waals surface area contributed by atoms with Crippen LogP contribution in [-0.4, -0.2) is 21.7 Å². The first kappa shape index (κ1) is 13.8. The van der Waals surface area contributed by atoms with Crippen LogP contribution in [0.25, 0.3) is 0 Å². The molecule has 0 heterocycles. The van der Waals surface area contributed by atoms with Crippen LogP contribution in [-0.2, 0) is 16.1 Å². The van der Waals surface area contributed by atoms with Gasteiger partial charge in [0.15, 0.2) is 0 Å². The van der Waals surface area contributed by atoms with Crippen molar-refractivity contribution in [3.8, 4) is 0 Å². The number of hydrogen-bond acceptors (Lipinski definition) is 2. The summed E-state index contributed by atoms with van der Waals surface area (Å²) in [4.78, 5) is 10.1. The fourth-order valence-electron chi connectivity index (χ4n) is 1.57. The van der Waals surface area contributed by atoms with Crippen LogP contribution < -0.4 is 10.0 Å². The number of nitrogens with one attached hydrogen (secondary N) is 2. The molecule has 0 radical (unpaired) electrons. The maximum atomic E-state index is 10.8. The van der Waals surface area contributed by atoms with Gasteiger partial charge >= 0.3 is 0 Å². The molecule has 3 N–H and O–H groups in total. The summed E-state index contributed by atoms with van der Waals surface area (Å²) in [6.07, 6.45) is 2.06. The number of benzene rings is 1. The molecule has 0 aliphatic heterocycles. The van der Waals surface area contributed by atoms with Crippen molar-refractivity contribution in [1.29, 1.82) is 0 Å². The summed E-state index contributed by atoms with van der Waals surface area (Å²) in [6, 6.07) is 9.28. The fourth-order valence-corrected chi connectivity index (χ4v) is 2.07. The van der Waals surface area contributed by atoms with Gasteiger partial charge in [0, 0.05) is 12.6 Å². The summed E-state index contributed by atoms with van der Waals surface area (Å²) in [5.74, 6) is 0. The van der Waals surface area contributed by atoms with Crippen molar-refractivity contribution >= 4 is 17.7 Å². The predicted octanol–water partition coefficient (Wildman–Crippen LogP) is 0.980. The fraction of sp³-hybridized carbons (Fsp3) is 0.364. The Labute approximate surface area is 103 Å². The van der Waals surface area contributed by atoms with Crippen molar-refractivity contribution in [2.45, 2.75) is 18.9 Å². The summed E-state index contributed by atoms with van der Waals surface area (Å²) in [7, 11) is 0. The third-order valence-electron chi connectivity index (χ3n) is 2.34. The molecule has 2 unspecified atom stereocenters. The Hall–Kier alpha value is -1.24. The summed E-state index contributed by atoms with van der Waals surface area (Å²) in [5, 5.41) is 2.56. The van der Waals surface area contributed by atoms with E-state index in [0.29, 0.717) is 19.4 Å². The summed E-state index contributed by atoms with van der Waals surface area (Å²) < 4.78 is 22.3. The highest BCUT2D eigenvalue weighted by Crippen LogP contribution is 2.18. The van der Waals surface area contributed by atoms with E-state index in [1.54, 1.807) is 0 Å². The smallest absolute Gasteiger partial charge is 0.232 e. The Bertz CT molecular complexity index is 359. The van der Waals surface area contributed by atoms with Gasteiger partial charge < -0.3 is 5.32 Å². The van der Waals surface area contributed by atoms with E-state index in [2.05, 4.69) is 10.0 Å². The normalized spacial score (nSPS) is 13.9. The number of carbonyl (C=O) groups excluding carboxylic acids is 1. The Morgan fingerprint density at radius 1 is 1.35 bits per heavy atom. The molecule has 0 saturated heterocycles. The van der Waals surface area contributed by atoms with Gasteiger partial charge in [-0.1, -0.05) is 30.3 Å². The minimum atomic E-state index is -2.04. The first-order chi connectivity index (χ1) is 8.24. The molecule has 0 aliphatic rings. The molecule has 94 valence electrons. The third kappa shape index (κ3) is 5.58. The third-order valence-corrected chi connectivity index (χ3v) is 2.83. The SMILES string of the molecule is O=CNCCCC(NS(=O)O)c1ccccc1. The molecule has 0 aliphatic carbocycles. The molecule has 0 bridgehead atoms. The standard InChI is InChI=1S/C11H16N2O3S/c14-9-12-8-4-7-11(13-17(15)16)10-5-2-1-3-6-10/h1-3,5-6,9,11,13H,4,7-8H2,(H,12,14)(H,15,16). The van der Waals surface area contributed by atoms with Crippen LogP contribution in [0.3, 0.4) is 0 Å². The molecule has 0 aromatic heterocycles. The molecule has 6 heteroatoms. The van der Waals surface area contributed by atoms with Gasteiger partial charge in [-0.05, 0) is 18.4 Å². The van der Waals surface area contributed by atoms with E-state index in [4.69, 9.17) is 4.55 Å². The molecule has 1 aromatic carbocycles. The van der Waals surface area contributed by atoms with E-state index in [-0.39, 0.29) is 6.04 Å². The van der Waals surface area contributed by atoms with E-state index in [0.717, 1.165) is 12.0 Å². The Morgan fingerprint density at radius 2 is 2.06 bits per heavy atom. The van der Waals surface area contributed by atoms with Gasteiger partial charge in [-0.25, -0.2) is 8.93 Å². The lowest BCUT2D eigenvalue weighted by Crippen LogP contribution is -2.24. The average Bonchev–Trinajstić information content (AvgIpc) is 2.34. The summed E-state index contributed by atoms with van der Waals surface area (Å²) in [5.41, 5.74) is 0.959. The Balaban J connectivity index is 2.55. The zero-order valence-corrected chi connectivity index (χ0v) is 10.2. The minimum Gasteiger partial charge on any atom is -0.359 e. The van der Waals surface area contributed by atoms with Crippen molar-refractivity contribution in [3.63, 3.8) is 0 Å². The molecule has 2 atom stereocenters. The molecule has 0 saturated carbocycles. The van der Waals surface area contributed by atoms with Crippen molar-refractivity contribution in [2.24, 2.45) is 0 Å². The van der Waals surface area contributed by atoms with Crippen LogP contribution in [0, 0.1) is 0 Å². The number of rotatable bonds is 8. The van der Waals surface area contributed by atoms with E-state index in [1.165, 1.54) is 0 Å². The molecule has 1 aromatic rings. The second kappa shape index (κ2) is 7.94. The van der Waals surface area contributed by atoms with E-state index >= 15 is 0 Å². The van der Waals surface area contributed by atoms with Gasteiger partial charge in [-0.15, -0.1) is 0 Å². The number of carbonyl (C=O) groups is 1. The van der Waals surface area contributed by atoms with Gasteiger partial charge in [0.25, 0.3) is 0 Å². The maximum absolute atomic E-state index is 10.8. The maximum Gasteiger partial charge on any atom is 0.232 e. The zero-order chi connectivity index (χ0) is 12.5. The largest absolute Gasteiger partial charge is 0.359 e.